The molecule has 7 heteroatoms. The van der Waals surface area contributed by atoms with Crippen molar-refractivity contribution in [3.8, 4) is 0 Å². The molecule has 1 heterocycles. The van der Waals surface area contributed by atoms with E-state index < -0.39 is 7.75 Å². The Bertz CT molecular complexity index is 225. The van der Waals surface area contributed by atoms with Crippen LogP contribution in [0.15, 0.2) is 12.7 Å². The van der Waals surface area contributed by atoms with Crippen LogP contribution in [0.1, 0.15) is 0 Å². The van der Waals surface area contributed by atoms with Gasteiger partial charge in [0, 0.05) is 0 Å². The van der Waals surface area contributed by atoms with Crippen LogP contribution >= 0.6 is 7.75 Å². The number of hydrogen-bond acceptors (Lipinski definition) is 3. The number of aromatic nitrogens is 3. The Morgan fingerprint density at radius 2 is 2.22 bits per heavy atom. The van der Waals surface area contributed by atoms with Crippen LogP contribution in [-0.2, 0) is 4.57 Å². The van der Waals surface area contributed by atoms with Gasteiger partial charge in [-0.05, 0) is 0 Å². The molecule has 6 nitrogen and oxygen atoms in total. The molecule has 0 aliphatic carbocycles. The van der Waals surface area contributed by atoms with E-state index in [0.29, 0.717) is 4.45 Å². The van der Waals surface area contributed by atoms with Crippen molar-refractivity contribution in [3.63, 3.8) is 0 Å². The summed E-state index contributed by atoms with van der Waals surface area (Å²) in [4.78, 5) is 20.0. The second-order valence-corrected chi connectivity index (χ2v) is 2.77. The molecule has 0 aliphatic heterocycles. The predicted molar refractivity (Wildman–Crippen MR) is 27.5 cm³/mol. The third-order valence-corrected chi connectivity index (χ3v) is 1.41. The summed E-state index contributed by atoms with van der Waals surface area (Å²) in [5, 5.41) is 3.23. The van der Waals surface area contributed by atoms with Crippen LogP contribution in [0.2, 0.25) is 0 Å². The van der Waals surface area contributed by atoms with Gasteiger partial charge in [0.25, 0.3) is 0 Å². The molecule has 9 heavy (non-hydrogen) atoms. The van der Waals surface area contributed by atoms with Crippen LogP contribution < -0.4 is 0 Å². The first-order chi connectivity index (χ1) is 4.11. The highest BCUT2D eigenvalue weighted by Gasteiger charge is 2.15. The van der Waals surface area contributed by atoms with E-state index in [2.05, 4.69) is 10.1 Å². The van der Waals surface area contributed by atoms with Crippen LogP contribution in [0.4, 0.5) is 0 Å². The fourth-order valence-corrected chi connectivity index (χ4v) is 0.711. The molecule has 0 amide bonds. The van der Waals surface area contributed by atoms with Gasteiger partial charge in [0.05, 0.1) is 0 Å². The van der Waals surface area contributed by atoms with Gasteiger partial charge in [-0.25, -0.2) is 9.55 Å². The molecule has 1 aromatic heterocycles. The van der Waals surface area contributed by atoms with Gasteiger partial charge < -0.3 is 9.79 Å². The standard InChI is InChI=1S/C2H4N3O3P/c6-9(7,8)5-2-3-1-4-5/h1-2H,(H2,6,7,8). The molecule has 0 atom stereocenters. The minimum absolute atomic E-state index is 0.493. The molecule has 2 N–H and O–H groups in total. The maximum atomic E-state index is 10.2. The highest BCUT2D eigenvalue weighted by Crippen LogP contribution is 2.34. The van der Waals surface area contributed by atoms with E-state index in [1.165, 1.54) is 0 Å². The lowest BCUT2D eigenvalue weighted by Gasteiger charge is -1.98. The molecule has 1 rings (SSSR count). The van der Waals surface area contributed by atoms with Crippen LogP contribution in [0.25, 0.3) is 0 Å². The highest BCUT2D eigenvalue weighted by atomic mass is 31.2. The minimum atomic E-state index is -4.23. The molecule has 0 bridgehead atoms. The summed E-state index contributed by atoms with van der Waals surface area (Å²) in [7, 11) is -4.23. The van der Waals surface area contributed by atoms with Crippen LogP contribution in [-0.4, -0.2) is 24.3 Å². The molecule has 0 saturated heterocycles. The lowest BCUT2D eigenvalue weighted by atomic mass is 11.3. The van der Waals surface area contributed by atoms with Gasteiger partial charge in [-0.3, -0.25) is 0 Å². The Labute approximate surface area is 50.4 Å². The van der Waals surface area contributed by atoms with E-state index >= 15 is 0 Å². The van der Waals surface area contributed by atoms with Gasteiger partial charge in [0.2, 0.25) is 0 Å². The third-order valence-electron chi connectivity index (χ3n) is 0.673. The minimum Gasteiger partial charge on any atom is -0.307 e. The summed E-state index contributed by atoms with van der Waals surface area (Å²) in [6, 6.07) is 0. The highest BCUT2D eigenvalue weighted by molar-refractivity contribution is 7.49. The summed E-state index contributed by atoms with van der Waals surface area (Å²) >= 11 is 0. The maximum Gasteiger partial charge on any atom is 0.451 e. The zero-order valence-electron chi connectivity index (χ0n) is 4.25. The topological polar surface area (TPSA) is 88.2 Å². The van der Waals surface area contributed by atoms with E-state index in [1.54, 1.807) is 0 Å². The summed E-state index contributed by atoms with van der Waals surface area (Å²) < 4.78 is 10.7. The first-order valence-electron chi connectivity index (χ1n) is 2.02. The molecule has 0 fully saturated rings. The summed E-state index contributed by atoms with van der Waals surface area (Å²) in [5.41, 5.74) is 0. The second-order valence-electron chi connectivity index (χ2n) is 1.33. The largest absolute Gasteiger partial charge is 0.451 e. The van der Waals surface area contributed by atoms with E-state index in [9.17, 15) is 4.57 Å². The molecule has 0 saturated carbocycles. The Hall–Kier alpha value is -0.710. The van der Waals surface area contributed by atoms with E-state index in [1.807, 2.05) is 0 Å². The summed E-state index contributed by atoms with van der Waals surface area (Å²) in [6.07, 6.45) is 2.01. The van der Waals surface area contributed by atoms with Crippen molar-refractivity contribution in [2.45, 2.75) is 0 Å². The zero-order chi connectivity index (χ0) is 6.91. The first kappa shape index (κ1) is 6.41. The fourth-order valence-electron chi connectivity index (χ4n) is 0.337. The van der Waals surface area contributed by atoms with Gasteiger partial charge in [-0.1, -0.05) is 0 Å². The third kappa shape index (κ3) is 1.35. The molecule has 0 spiro atoms. The number of rotatable bonds is 1. The molecule has 1 aromatic rings. The van der Waals surface area contributed by atoms with E-state index in [4.69, 9.17) is 9.79 Å². The van der Waals surface area contributed by atoms with Crippen LogP contribution in [0.3, 0.4) is 0 Å². The van der Waals surface area contributed by atoms with Crippen molar-refractivity contribution in [2.75, 3.05) is 0 Å². The second kappa shape index (κ2) is 1.91. The molecule has 0 radical (unpaired) electrons. The Morgan fingerprint density at radius 1 is 1.56 bits per heavy atom. The van der Waals surface area contributed by atoms with E-state index in [-0.39, 0.29) is 0 Å². The smallest absolute Gasteiger partial charge is 0.307 e. The molecule has 0 aliphatic rings. The monoisotopic (exact) mass is 149 g/mol. The average Bonchev–Trinajstić information content (AvgIpc) is 2.08. The SMILES string of the molecule is O=P(O)(O)n1cncn1. The van der Waals surface area contributed by atoms with Gasteiger partial charge in [-0.2, -0.15) is 4.45 Å². The van der Waals surface area contributed by atoms with Crippen molar-refractivity contribution in [2.24, 2.45) is 0 Å². The molecular weight excluding hydrogens is 145 g/mol. The quantitative estimate of drug-likeness (QED) is 0.511. The van der Waals surface area contributed by atoms with Gasteiger partial charge >= 0.3 is 7.75 Å². The van der Waals surface area contributed by atoms with Crippen molar-refractivity contribution in [3.05, 3.63) is 12.7 Å². The van der Waals surface area contributed by atoms with Crippen LogP contribution in [0, 0.1) is 0 Å². The number of nitrogens with zero attached hydrogens (tertiary/aromatic N) is 3. The molecule has 0 aromatic carbocycles. The fraction of sp³-hybridized carbons (Fsp3) is 0. The van der Waals surface area contributed by atoms with Crippen molar-refractivity contribution < 1.29 is 14.4 Å². The normalized spacial score (nSPS) is 11.8. The average molecular weight is 149 g/mol. The van der Waals surface area contributed by atoms with Crippen molar-refractivity contribution >= 4 is 7.75 Å². The lowest BCUT2D eigenvalue weighted by molar-refractivity contribution is 0.355. The van der Waals surface area contributed by atoms with Gasteiger partial charge in [-0.15, -0.1) is 5.10 Å². The zero-order valence-corrected chi connectivity index (χ0v) is 5.14. The van der Waals surface area contributed by atoms with E-state index in [0.717, 1.165) is 12.7 Å². The predicted octanol–water partition coefficient (Wildman–Crippen LogP) is -0.781. The van der Waals surface area contributed by atoms with Gasteiger partial charge in [0.1, 0.15) is 12.7 Å². The molecule has 50 valence electrons. The maximum absolute atomic E-state index is 10.2. The molecular formula is C2H4N3O3P. The number of hydrogen-bond donors (Lipinski definition) is 2. The van der Waals surface area contributed by atoms with Crippen molar-refractivity contribution in [1.29, 1.82) is 0 Å². The first-order valence-corrected chi connectivity index (χ1v) is 3.58. The van der Waals surface area contributed by atoms with Crippen LogP contribution in [0.5, 0.6) is 0 Å². The Kier molecular flexibility index (Phi) is 1.36. The summed E-state index contributed by atoms with van der Waals surface area (Å²) in [5.74, 6) is 0. The van der Waals surface area contributed by atoms with Gasteiger partial charge in [0.15, 0.2) is 0 Å². The molecule has 0 unspecified atom stereocenters. The lowest BCUT2D eigenvalue weighted by Crippen LogP contribution is -1.94. The Morgan fingerprint density at radius 3 is 2.44 bits per heavy atom. The Balaban J connectivity index is 3.04. The summed E-state index contributed by atoms with van der Waals surface area (Å²) in [6.45, 7) is 0. The van der Waals surface area contributed by atoms with Crippen molar-refractivity contribution in [1.82, 2.24) is 14.5 Å².